The molecule has 0 spiro atoms. The molecular formula is C19H28N2O2. The lowest BCUT2D eigenvalue weighted by atomic mass is 10.0. The Labute approximate surface area is 139 Å². The third-order valence-electron chi connectivity index (χ3n) is 4.65. The van der Waals surface area contributed by atoms with Crippen molar-refractivity contribution in [2.24, 2.45) is 11.8 Å². The van der Waals surface area contributed by atoms with Gasteiger partial charge < -0.3 is 10.2 Å². The van der Waals surface area contributed by atoms with E-state index in [1.807, 2.05) is 19.1 Å². The first-order chi connectivity index (χ1) is 10.9. The minimum absolute atomic E-state index is 0.00958. The Balaban J connectivity index is 2.00. The van der Waals surface area contributed by atoms with Crippen molar-refractivity contribution in [3.8, 4) is 0 Å². The zero-order valence-corrected chi connectivity index (χ0v) is 14.6. The van der Waals surface area contributed by atoms with E-state index in [1.165, 1.54) is 5.56 Å². The lowest BCUT2D eigenvalue weighted by Gasteiger charge is -2.20. The molecule has 2 atom stereocenters. The van der Waals surface area contributed by atoms with Gasteiger partial charge in [0.15, 0.2) is 0 Å². The molecule has 1 aliphatic rings. The number of aryl methyl sites for hydroxylation is 1. The van der Waals surface area contributed by atoms with Gasteiger partial charge in [0.25, 0.3) is 0 Å². The quantitative estimate of drug-likeness (QED) is 0.876. The van der Waals surface area contributed by atoms with Crippen molar-refractivity contribution in [3.05, 3.63) is 29.8 Å². The molecule has 1 fully saturated rings. The van der Waals surface area contributed by atoms with E-state index in [-0.39, 0.29) is 23.8 Å². The number of nitrogens with zero attached hydrogens (tertiary/aromatic N) is 1. The molecule has 1 aliphatic heterocycles. The number of amides is 2. The van der Waals surface area contributed by atoms with E-state index in [0.717, 1.165) is 18.5 Å². The van der Waals surface area contributed by atoms with Crippen LogP contribution in [-0.4, -0.2) is 24.4 Å². The van der Waals surface area contributed by atoms with Crippen molar-refractivity contribution in [1.82, 2.24) is 5.32 Å². The number of hydrogen-bond donors (Lipinski definition) is 1. The molecule has 0 aromatic heterocycles. The van der Waals surface area contributed by atoms with Crippen molar-refractivity contribution in [3.63, 3.8) is 0 Å². The lowest BCUT2D eigenvalue weighted by molar-refractivity contribution is -0.127. The third kappa shape index (κ3) is 4.34. The Morgan fingerprint density at radius 1 is 1.26 bits per heavy atom. The molecule has 2 amide bonds. The van der Waals surface area contributed by atoms with Crippen molar-refractivity contribution in [2.45, 2.75) is 53.0 Å². The van der Waals surface area contributed by atoms with Crippen LogP contribution in [0.25, 0.3) is 0 Å². The fourth-order valence-electron chi connectivity index (χ4n) is 2.77. The third-order valence-corrected chi connectivity index (χ3v) is 4.65. The van der Waals surface area contributed by atoms with Gasteiger partial charge in [-0.1, -0.05) is 39.3 Å². The Bertz CT molecular complexity index is 551. The van der Waals surface area contributed by atoms with E-state index in [0.29, 0.717) is 18.9 Å². The van der Waals surface area contributed by atoms with Crippen LogP contribution in [0.1, 0.15) is 46.1 Å². The predicted molar refractivity (Wildman–Crippen MR) is 93.3 cm³/mol. The summed E-state index contributed by atoms with van der Waals surface area (Å²) in [5.41, 5.74) is 2.17. The molecule has 1 aromatic rings. The maximum Gasteiger partial charge on any atom is 0.227 e. The van der Waals surface area contributed by atoms with Gasteiger partial charge >= 0.3 is 0 Å². The van der Waals surface area contributed by atoms with Gasteiger partial charge in [0.2, 0.25) is 11.8 Å². The van der Waals surface area contributed by atoms with Crippen LogP contribution in [0.3, 0.4) is 0 Å². The number of hydrogen-bond acceptors (Lipinski definition) is 2. The van der Waals surface area contributed by atoms with Crippen LogP contribution in [0.15, 0.2) is 24.3 Å². The van der Waals surface area contributed by atoms with Crippen molar-refractivity contribution >= 4 is 17.5 Å². The molecule has 2 rings (SSSR count). The second kappa shape index (κ2) is 7.62. The van der Waals surface area contributed by atoms with E-state index in [2.05, 4.69) is 38.2 Å². The van der Waals surface area contributed by atoms with Crippen LogP contribution in [0.5, 0.6) is 0 Å². The van der Waals surface area contributed by atoms with Crippen LogP contribution in [0, 0.1) is 11.8 Å². The summed E-state index contributed by atoms with van der Waals surface area (Å²) in [4.78, 5) is 26.3. The first kappa shape index (κ1) is 17.5. The van der Waals surface area contributed by atoms with Crippen LogP contribution in [-0.2, 0) is 16.0 Å². The molecule has 0 saturated carbocycles. The fraction of sp³-hybridized carbons (Fsp3) is 0.579. The molecule has 0 aliphatic carbocycles. The fourth-order valence-corrected chi connectivity index (χ4v) is 2.77. The maximum atomic E-state index is 12.3. The molecule has 4 heteroatoms. The molecule has 1 heterocycles. The normalized spacial score (nSPS) is 19.3. The predicted octanol–water partition coefficient (Wildman–Crippen LogP) is 3.15. The topological polar surface area (TPSA) is 49.4 Å². The molecule has 2 unspecified atom stereocenters. The monoisotopic (exact) mass is 316 g/mol. The summed E-state index contributed by atoms with van der Waals surface area (Å²) in [6, 6.07) is 8.24. The smallest absolute Gasteiger partial charge is 0.227 e. The highest BCUT2D eigenvalue weighted by atomic mass is 16.2. The molecule has 4 nitrogen and oxygen atoms in total. The summed E-state index contributed by atoms with van der Waals surface area (Å²) in [7, 11) is 0. The molecule has 0 bridgehead atoms. The zero-order chi connectivity index (χ0) is 17.0. The number of nitrogens with one attached hydrogen (secondary N) is 1. The average molecular weight is 316 g/mol. The maximum absolute atomic E-state index is 12.3. The highest BCUT2D eigenvalue weighted by molar-refractivity contribution is 6.00. The SMILES string of the molecule is CCCc1ccc(N2CC(C(=O)NC(C)C(C)C)CC2=O)cc1. The second-order valence-electron chi connectivity index (χ2n) is 6.86. The minimum Gasteiger partial charge on any atom is -0.353 e. The van der Waals surface area contributed by atoms with Gasteiger partial charge in [-0.2, -0.15) is 0 Å². The van der Waals surface area contributed by atoms with E-state index >= 15 is 0 Å². The van der Waals surface area contributed by atoms with Crippen molar-refractivity contribution < 1.29 is 9.59 Å². The molecule has 0 radical (unpaired) electrons. The summed E-state index contributed by atoms with van der Waals surface area (Å²) in [6.45, 7) is 8.79. The molecule has 1 N–H and O–H groups in total. The summed E-state index contributed by atoms with van der Waals surface area (Å²) in [5.74, 6) is 0.160. The number of rotatable bonds is 6. The van der Waals surface area contributed by atoms with Gasteiger partial charge in [-0.25, -0.2) is 0 Å². The van der Waals surface area contributed by atoms with Gasteiger partial charge in [0.05, 0.1) is 5.92 Å². The van der Waals surface area contributed by atoms with Crippen LogP contribution >= 0.6 is 0 Å². The first-order valence-electron chi connectivity index (χ1n) is 8.62. The lowest BCUT2D eigenvalue weighted by Crippen LogP contribution is -2.40. The van der Waals surface area contributed by atoms with E-state index < -0.39 is 0 Å². The van der Waals surface area contributed by atoms with E-state index in [1.54, 1.807) is 4.90 Å². The number of carbonyl (C=O) groups excluding carboxylic acids is 2. The first-order valence-corrected chi connectivity index (χ1v) is 8.62. The standard InChI is InChI=1S/C19H28N2O2/c1-5-6-15-7-9-17(10-8-15)21-12-16(11-18(21)22)19(23)20-14(4)13(2)3/h7-10,13-14,16H,5-6,11-12H2,1-4H3,(H,20,23). The Morgan fingerprint density at radius 2 is 1.91 bits per heavy atom. The van der Waals surface area contributed by atoms with Gasteiger partial charge in [-0.3, -0.25) is 9.59 Å². The minimum atomic E-state index is -0.251. The molecule has 1 aromatic carbocycles. The van der Waals surface area contributed by atoms with E-state index in [9.17, 15) is 9.59 Å². The second-order valence-corrected chi connectivity index (χ2v) is 6.86. The summed E-state index contributed by atoms with van der Waals surface area (Å²) in [6.07, 6.45) is 2.46. The van der Waals surface area contributed by atoms with Crippen LogP contribution in [0.4, 0.5) is 5.69 Å². The Hall–Kier alpha value is -1.84. The van der Waals surface area contributed by atoms with Gasteiger partial charge in [0.1, 0.15) is 0 Å². The number of benzene rings is 1. The molecule has 1 saturated heterocycles. The van der Waals surface area contributed by atoms with Gasteiger partial charge in [-0.05, 0) is 37.0 Å². The zero-order valence-electron chi connectivity index (χ0n) is 14.6. The summed E-state index contributed by atoms with van der Waals surface area (Å²) >= 11 is 0. The highest BCUT2D eigenvalue weighted by Crippen LogP contribution is 2.26. The van der Waals surface area contributed by atoms with Crippen LogP contribution < -0.4 is 10.2 Å². The van der Waals surface area contributed by atoms with Crippen molar-refractivity contribution in [1.29, 1.82) is 0 Å². The number of carbonyl (C=O) groups is 2. The van der Waals surface area contributed by atoms with Gasteiger partial charge in [0, 0.05) is 24.7 Å². The Kier molecular flexibility index (Phi) is 5.80. The van der Waals surface area contributed by atoms with Gasteiger partial charge in [-0.15, -0.1) is 0 Å². The summed E-state index contributed by atoms with van der Waals surface area (Å²) in [5, 5.41) is 3.02. The Morgan fingerprint density at radius 3 is 2.48 bits per heavy atom. The summed E-state index contributed by atoms with van der Waals surface area (Å²) < 4.78 is 0. The highest BCUT2D eigenvalue weighted by Gasteiger charge is 2.35. The van der Waals surface area contributed by atoms with E-state index in [4.69, 9.17) is 0 Å². The average Bonchev–Trinajstić information content (AvgIpc) is 2.90. The molecule has 23 heavy (non-hydrogen) atoms. The van der Waals surface area contributed by atoms with Crippen molar-refractivity contribution in [2.75, 3.05) is 11.4 Å². The molecular weight excluding hydrogens is 288 g/mol. The largest absolute Gasteiger partial charge is 0.353 e. The number of anilines is 1. The molecule has 126 valence electrons. The van der Waals surface area contributed by atoms with Crippen LogP contribution in [0.2, 0.25) is 0 Å².